The molecule has 0 aliphatic carbocycles. The van der Waals surface area contributed by atoms with Gasteiger partial charge in [0.2, 0.25) is 0 Å². The maximum absolute atomic E-state index is 11.4. The van der Waals surface area contributed by atoms with Crippen LogP contribution < -0.4 is 0 Å². The molecule has 0 aromatic carbocycles. The second-order valence-corrected chi connectivity index (χ2v) is 2.98. The zero-order valence-corrected chi connectivity index (χ0v) is 7.92. The van der Waals surface area contributed by atoms with Gasteiger partial charge in [-0.25, -0.2) is 4.79 Å². The quantitative estimate of drug-likeness (QED) is 0.447. The van der Waals surface area contributed by atoms with Gasteiger partial charge in [-0.15, -0.1) is 0 Å². The summed E-state index contributed by atoms with van der Waals surface area (Å²) in [7, 11) is 1.24. The Morgan fingerprint density at radius 1 is 1.62 bits per heavy atom. The number of rotatable bonds is 1. The molecule has 0 saturated heterocycles. The Morgan fingerprint density at radius 2 is 2.23 bits per heavy atom. The van der Waals surface area contributed by atoms with Gasteiger partial charge in [0.15, 0.2) is 5.78 Å². The van der Waals surface area contributed by atoms with E-state index in [0.29, 0.717) is 5.76 Å². The molecule has 1 heterocycles. The normalized spacial score (nSPS) is 22.7. The van der Waals surface area contributed by atoms with Crippen LogP contribution in [0.3, 0.4) is 0 Å². The zero-order chi connectivity index (χ0) is 10.0. The average molecular weight is 184 g/mol. The number of Topliss-reactive ketones (excluding diaryl/α,β-unsaturated/α-hetero) is 1. The molecule has 0 radical (unpaired) electrons. The van der Waals surface area contributed by atoms with Gasteiger partial charge in [-0.3, -0.25) is 4.79 Å². The Labute approximate surface area is 76.5 Å². The van der Waals surface area contributed by atoms with Gasteiger partial charge < -0.3 is 9.47 Å². The van der Waals surface area contributed by atoms with E-state index in [4.69, 9.17) is 4.74 Å². The van der Waals surface area contributed by atoms with Gasteiger partial charge in [0.1, 0.15) is 17.4 Å². The smallest absolute Gasteiger partial charge is 0.344 e. The molecular weight excluding hydrogens is 172 g/mol. The molecule has 1 aliphatic heterocycles. The number of esters is 1. The fourth-order valence-electron chi connectivity index (χ4n) is 1.32. The highest BCUT2D eigenvalue weighted by Crippen LogP contribution is 2.20. The van der Waals surface area contributed by atoms with Crippen molar-refractivity contribution in [1.82, 2.24) is 0 Å². The van der Waals surface area contributed by atoms with Crippen molar-refractivity contribution in [2.24, 2.45) is 0 Å². The first kappa shape index (κ1) is 9.77. The first-order valence-corrected chi connectivity index (χ1v) is 4.05. The molecule has 0 N–H and O–H groups in total. The topological polar surface area (TPSA) is 52.6 Å². The molecule has 0 bridgehead atoms. The van der Waals surface area contributed by atoms with Crippen molar-refractivity contribution in [2.45, 2.75) is 26.4 Å². The molecule has 4 nitrogen and oxygen atoms in total. The van der Waals surface area contributed by atoms with Crippen LogP contribution in [0.15, 0.2) is 11.3 Å². The van der Waals surface area contributed by atoms with Crippen LogP contribution in [0.5, 0.6) is 0 Å². The maximum atomic E-state index is 11.4. The number of carbonyl (C=O) groups is 2. The lowest BCUT2D eigenvalue weighted by Crippen LogP contribution is -2.27. The third-order valence-electron chi connectivity index (χ3n) is 1.87. The van der Waals surface area contributed by atoms with Gasteiger partial charge in [0, 0.05) is 6.42 Å². The summed E-state index contributed by atoms with van der Waals surface area (Å²) in [6.45, 7) is 3.38. The largest absolute Gasteiger partial charge is 0.494 e. The highest BCUT2D eigenvalue weighted by Gasteiger charge is 2.29. The van der Waals surface area contributed by atoms with Gasteiger partial charge in [-0.05, 0) is 13.8 Å². The van der Waals surface area contributed by atoms with E-state index in [-0.39, 0.29) is 23.9 Å². The van der Waals surface area contributed by atoms with Gasteiger partial charge in [-0.2, -0.15) is 0 Å². The summed E-state index contributed by atoms with van der Waals surface area (Å²) in [6.07, 6.45) is 0.0859. The molecule has 0 amide bonds. The second kappa shape index (κ2) is 3.60. The van der Waals surface area contributed by atoms with Gasteiger partial charge >= 0.3 is 5.97 Å². The monoisotopic (exact) mass is 184 g/mol. The summed E-state index contributed by atoms with van der Waals surface area (Å²) in [6, 6.07) is 0. The van der Waals surface area contributed by atoms with Crippen LogP contribution >= 0.6 is 0 Å². The number of ketones is 1. The summed E-state index contributed by atoms with van der Waals surface area (Å²) in [5, 5.41) is 0. The SMILES string of the molecule is COC(=O)C1=C(C)OC(C)CC1=O. The van der Waals surface area contributed by atoms with Gasteiger partial charge in [-0.1, -0.05) is 0 Å². The molecule has 0 saturated carbocycles. The predicted molar refractivity (Wildman–Crippen MR) is 44.9 cm³/mol. The van der Waals surface area contributed by atoms with Crippen LogP contribution in [0.2, 0.25) is 0 Å². The van der Waals surface area contributed by atoms with E-state index in [2.05, 4.69) is 4.74 Å². The zero-order valence-electron chi connectivity index (χ0n) is 7.92. The number of hydrogen-bond donors (Lipinski definition) is 0. The van der Waals surface area contributed by atoms with E-state index >= 15 is 0 Å². The Morgan fingerprint density at radius 3 is 2.69 bits per heavy atom. The van der Waals surface area contributed by atoms with E-state index < -0.39 is 5.97 Å². The molecule has 0 spiro atoms. The molecule has 0 aromatic heterocycles. The number of ether oxygens (including phenoxy) is 2. The summed E-state index contributed by atoms with van der Waals surface area (Å²) < 4.78 is 9.72. The molecule has 0 aromatic rings. The lowest BCUT2D eigenvalue weighted by atomic mass is 10.0. The maximum Gasteiger partial charge on any atom is 0.344 e. The van der Waals surface area contributed by atoms with Crippen LogP contribution in [0.1, 0.15) is 20.3 Å². The van der Waals surface area contributed by atoms with E-state index in [0.717, 1.165) is 0 Å². The number of carbonyl (C=O) groups excluding carboxylic acids is 2. The number of allylic oxidation sites excluding steroid dienone is 1. The Balaban J connectivity index is 2.98. The lowest BCUT2D eigenvalue weighted by Gasteiger charge is -2.21. The third kappa shape index (κ3) is 1.88. The third-order valence-corrected chi connectivity index (χ3v) is 1.87. The number of methoxy groups -OCH3 is 1. The number of hydrogen-bond acceptors (Lipinski definition) is 4. The van der Waals surface area contributed by atoms with Crippen molar-refractivity contribution in [1.29, 1.82) is 0 Å². The molecule has 1 atom stereocenters. The Hall–Kier alpha value is -1.32. The molecule has 1 rings (SSSR count). The molecule has 1 unspecified atom stereocenters. The fourth-order valence-corrected chi connectivity index (χ4v) is 1.32. The van der Waals surface area contributed by atoms with Crippen LogP contribution in [0.25, 0.3) is 0 Å². The highest BCUT2D eigenvalue weighted by atomic mass is 16.5. The van der Waals surface area contributed by atoms with E-state index in [1.54, 1.807) is 13.8 Å². The molecule has 4 heteroatoms. The van der Waals surface area contributed by atoms with Crippen LogP contribution in [-0.2, 0) is 19.1 Å². The van der Waals surface area contributed by atoms with Gasteiger partial charge in [0.25, 0.3) is 0 Å². The van der Waals surface area contributed by atoms with E-state index in [1.807, 2.05) is 0 Å². The molecule has 13 heavy (non-hydrogen) atoms. The van der Waals surface area contributed by atoms with Crippen molar-refractivity contribution < 1.29 is 19.1 Å². The molecule has 72 valence electrons. The average Bonchev–Trinajstić information content (AvgIpc) is 2.02. The van der Waals surface area contributed by atoms with Crippen molar-refractivity contribution in [2.75, 3.05) is 7.11 Å². The predicted octanol–water partition coefficient (Wildman–Crippen LogP) is 0.811. The molecule has 0 fully saturated rings. The van der Waals surface area contributed by atoms with Crippen molar-refractivity contribution in [3.05, 3.63) is 11.3 Å². The van der Waals surface area contributed by atoms with E-state index in [9.17, 15) is 9.59 Å². The first-order valence-electron chi connectivity index (χ1n) is 4.05. The molecule has 1 aliphatic rings. The van der Waals surface area contributed by atoms with Crippen LogP contribution in [-0.4, -0.2) is 25.0 Å². The van der Waals surface area contributed by atoms with Gasteiger partial charge in [0.05, 0.1) is 7.11 Å². The van der Waals surface area contributed by atoms with Crippen molar-refractivity contribution >= 4 is 11.8 Å². The summed E-state index contributed by atoms with van der Waals surface area (Å²) in [4.78, 5) is 22.5. The standard InChI is InChI=1S/C9H12O4/c1-5-4-7(10)8(6(2)13-5)9(11)12-3/h5H,4H2,1-3H3. The van der Waals surface area contributed by atoms with Crippen LogP contribution in [0, 0.1) is 0 Å². The first-order chi connectivity index (χ1) is 6.06. The summed E-state index contributed by atoms with van der Waals surface area (Å²) in [5.74, 6) is -0.465. The van der Waals surface area contributed by atoms with Crippen molar-refractivity contribution in [3.63, 3.8) is 0 Å². The molecular formula is C9H12O4. The minimum absolute atomic E-state index is 0.0422. The van der Waals surface area contributed by atoms with E-state index in [1.165, 1.54) is 7.11 Å². The minimum Gasteiger partial charge on any atom is -0.494 e. The fraction of sp³-hybridized carbons (Fsp3) is 0.556. The highest BCUT2D eigenvalue weighted by molar-refractivity contribution is 6.18. The Kier molecular flexibility index (Phi) is 2.70. The lowest BCUT2D eigenvalue weighted by molar-refractivity contribution is -0.139. The minimum atomic E-state index is -0.616. The Bertz CT molecular complexity index is 277. The van der Waals surface area contributed by atoms with Crippen molar-refractivity contribution in [3.8, 4) is 0 Å². The summed E-state index contributed by atoms with van der Waals surface area (Å²) in [5.41, 5.74) is 0.0422. The van der Waals surface area contributed by atoms with Crippen LogP contribution in [0.4, 0.5) is 0 Å². The summed E-state index contributed by atoms with van der Waals surface area (Å²) >= 11 is 0. The second-order valence-electron chi connectivity index (χ2n) is 2.98.